The average molecular weight is 583 g/mol. The smallest absolute Gasteiger partial charge is 0.359 e. The van der Waals surface area contributed by atoms with Gasteiger partial charge in [-0.15, -0.1) is 11.3 Å². The fourth-order valence-corrected chi connectivity index (χ4v) is 8.38. The molecule has 1 aromatic heterocycles. The minimum absolute atomic E-state index is 0.0923. The molecule has 1 saturated heterocycles. The van der Waals surface area contributed by atoms with Crippen LogP contribution in [0.4, 0.5) is 0 Å². The number of carbonyl (C=O) groups excluding carboxylic acids is 2. The van der Waals surface area contributed by atoms with E-state index < -0.39 is 19.9 Å². The molecule has 1 aliphatic rings. The molecule has 0 aliphatic carbocycles. The Balaban J connectivity index is 1.69. The van der Waals surface area contributed by atoms with Crippen molar-refractivity contribution in [1.82, 2.24) is 9.88 Å². The number of amides is 1. The lowest BCUT2D eigenvalue weighted by molar-refractivity contribution is -0.156. The van der Waals surface area contributed by atoms with Crippen LogP contribution in [0.25, 0.3) is 10.2 Å². The summed E-state index contributed by atoms with van der Waals surface area (Å²) >= 11 is 1.64. The van der Waals surface area contributed by atoms with Gasteiger partial charge in [0.1, 0.15) is 21.6 Å². The van der Waals surface area contributed by atoms with Crippen LogP contribution in [-0.4, -0.2) is 52.6 Å². The summed E-state index contributed by atoms with van der Waals surface area (Å²) in [5, 5.41) is 10.8. The predicted octanol–water partition coefficient (Wildman–Crippen LogP) is 7.46. The minimum atomic E-state index is -1.93. The van der Waals surface area contributed by atoms with E-state index >= 15 is 0 Å². The SMILES string of the molecule is CC(O)=C(C(=O)OC(C)(C)C)N1C[C@H](SSc2cccc3sc([C@@H](C)O[Si](C)(C)C(C)(C)C)nc23)C1=O. The normalized spacial score (nSPS) is 18.5. The second-order valence-electron chi connectivity index (χ2n) is 11.7. The molecular weight excluding hydrogens is 545 g/mol. The summed E-state index contributed by atoms with van der Waals surface area (Å²) in [5.41, 5.74) is 0.0900. The van der Waals surface area contributed by atoms with Gasteiger partial charge in [0.2, 0.25) is 5.91 Å². The van der Waals surface area contributed by atoms with Crippen LogP contribution in [0.5, 0.6) is 0 Å². The largest absolute Gasteiger partial charge is 0.510 e. The van der Waals surface area contributed by atoms with E-state index in [1.165, 1.54) is 33.4 Å². The van der Waals surface area contributed by atoms with Crippen LogP contribution >= 0.6 is 32.9 Å². The monoisotopic (exact) mass is 582 g/mol. The van der Waals surface area contributed by atoms with Gasteiger partial charge in [0, 0.05) is 11.4 Å². The van der Waals surface area contributed by atoms with E-state index in [1.807, 2.05) is 12.1 Å². The van der Waals surface area contributed by atoms with Gasteiger partial charge in [-0.2, -0.15) is 0 Å². The number of allylic oxidation sites excluding steroid dienone is 1. The molecule has 0 unspecified atom stereocenters. The molecule has 2 atom stereocenters. The fourth-order valence-electron chi connectivity index (χ4n) is 3.41. The van der Waals surface area contributed by atoms with Crippen LogP contribution in [0.3, 0.4) is 0 Å². The van der Waals surface area contributed by atoms with Crippen molar-refractivity contribution in [2.24, 2.45) is 0 Å². The molecule has 1 fully saturated rings. The predicted molar refractivity (Wildman–Crippen MR) is 156 cm³/mol. The number of hydrogen-bond acceptors (Lipinski definition) is 9. The second-order valence-corrected chi connectivity index (χ2v) is 20.0. The molecule has 0 bridgehead atoms. The third-order valence-corrected chi connectivity index (χ3v) is 14.8. The number of β-lactam (4-membered cyclic amide) rings is 1. The van der Waals surface area contributed by atoms with Crippen molar-refractivity contribution >= 4 is 63.3 Å². The summed E-state index contributed by atoms with van der Waals surface area (Å²) in [6, 6.07) is 6.07. The summed E-state index contributed by atoms with van der Waals surface area (Å²) in [5.74, 6) is -1.16. The molecule has 3 rings (SSSR count). The van der Waals surface area contributed by atoms with Crippen molar-refractivity contribution in [1.29, 1.82) is 0 Å². The molecule has 11 heteroatoms. The summed E-state index contributed by atoms with van der Waals surface area (Å²) in [4.78, 5) is 32.6. The van der Waals surface area contributed by atoms with Gasteiger partial charge in [0.15, 0.2) is 14.0 Å². The molecule has 1 aromatic carbocycles. The number of thiazole rings is 1. The van der Waals surface area contributed by atoms with E-state index in [-0.39, 0.29) is 33.8 Å². The summed E-state index contributed by atoms with van der Waals surface area (Å²) in [6.07, 6.45) is -0.0923. The molecule has 0 radical (unpaired) electrons. The van der Waals surface area contributed by atoms with E-state index in [0.29, 0.717) is 6.54 Å². The maximum absolute atomic E-state index is 12.9. The van der Waals surface area contributed by atoms with Gasteiger partial charge in [0.25, 0.3) is 0 Å². The lowest BCUT2D eigenvalue weighted by atomic mass is 10.1. The molecule has 2 heterocycles. The third kappa shape index (κ3) is 6.92. The zero-order chi connectivity index (χ0) is 27.9. The van der Waals surface area contributed by atoms with Crippen molar-refractivity contribution in [2.75, 3.05) is 6.54 Å². The van der Waals surface area contributed by atoms with Crippen molar-refractivity contribution in [3.05, 3.63) is 34.7 Å². The molecule has 204 valence electrons. The Labute approximate surface area is 232 Å². The minimum Gasteiger partial charge on any atom is -0.510 e. The number of aliphatic hydroxyl groups excluding tert-OH is 1. The molecule has 0 saturated carbocycles. The highest BCUT2D eigenvalue weighted by molar-refractivity contribution is 8.77. The lowest BCUT2D eigenvalue weighted by Gasteiger charge is -2.38. The molecule has 1 amide bonds. The fraction of sp³-hybridized carbons (Fsp3) is 0.577. The Morgan fingerprint density at radius 3 is 2.43 bits per heavy atom. The van der Waals surface area contributed by atoms with E-state index in [4.69, 9.17) is 14.1 Å². The highest BCUT2D eigenvalue weighted by atomic mass is 33.1. The number of ether oxygens (including phenoxy) is 1. The van der Waals surface area contributed by atoms with Crippen molar-refractivity contribution in [3.8, 4) is 0 Å². The zero-order valence-corrected chi connectivity index (χ0v) is 26.7. The van der Waals surface area contributed by atoms with E-state index in [9.17, 15) is 14.7 Å². The highest BCUT2D eigenvalue weighted by Gasteiger charge is 2.44. The number of benzene rings is 1. The first-order chi connectivity index (χ1) is 16.9. The summed E-state index contributed by atoms with van der Waals surface area (Å²) in [7, 11) is 1.01. The lowest BCUT2D eigenvalue weighted by Crippen LogP contribution is -2.55. The van der Waals surface area contributed by atoms with Gasteiger partial charge in [-0.05, 0) is 64.9 Å². The van der Waals surface area contributed by atoms with Crippen molar-refractivity contribution < 1.29 is 23.9 Å². The second kappa shape index (κ2) is 10.9. The first-order valence-corrected chi connectivity index (χ1v) is 18.2. The standard InChI is InChI=1S/C26H38N2O5S3Si/c1-15(29)21(24(31)32-25(3,4)5)28-14-19(23(28)30)36-35-18-13-11-12-17-20(18)27-22(34-17)16(2)33-37(9,10)26(6,7)8/h11-13,16,19,29H,14H2,1-10H3/t16-,19+/m1/s1. The zero-order valence-electron chi connectivity index (χ0n) is 23.3. The summed E-state index contributed by atoms with van der Waals surface area (Å²) in [6.45, 7) is 20.2. The van der Waals surface area contributed by atoms with E-state index in [2.05, 4.69) is 46.9 Å². The van der Waals surface area contributed by atoms with Gasteiger partial charge in [-0.1, -0.05) is 48.4 Å². The number of aliphatic hydroxyl groups is 1. The van der Waals surface area contributed by atoms with Gasteiger partial charge in [-0.25, -0.2) is 9.78 Å². The summed E-state index contributed by atoms with van der Waals surface area (Å²) < 4.78 is 13.0. The Kier molecular flexibility index (Phi) is 8.86. The number of aromatic nitrogens is 1. The molecule has 7 nitrogen and oxygen atoms in total. The van der Waals surface area contributed by atoms with Crippen molar-refractivity contribution in [2.45, 2.75) is 95.4 Å². The quantitative estimate of drug-likeness (QED) is 0.0857. The maximum Gasteiger partial charge on any atom is 0.359 e. The molecule has 37 heavy (non-hydrogen) atoms. The Hall–Kier alpha value is -1.53. The Morgan fingerprint density at radius 1 is 1.24 bits per heavy atom. The van der Waals surface area contributed by atoms with Crippen LogP contribution in [0.2, 0.25) is 18.1 Å². The number of para-hydroxylation sites is 1. The maximum atomic E-state index is 12.9. The number of carbonyl (C=O) groups is 2. The topological polar surface area (TPSA) is 89.0 Å². The molecule has 1 aliphatic heterocycles. The number of esters is 1. The molecule has 0 spiro atoms. The van der Waals surface area contributed by atoms with Crippen LogP contribution in [-0.2, 0) is 18.8 Å². The van der Waals surface area contributed by atoms with E-state index in [0.717, 1.165) is 20.1 Å². The number of rotatable bonds is 8. The van der Waals surface area contributed by atoms with Crippen LogP contribution < -0.4 is 0 Å². The third-order valence-electron chi connectivity index (χ3n) is 6.37. The van der Waals surface area contributed by atoms with Gasteiger partial charge >= 0.3 is 5.97 Å². The molecule has 2 aromatic rings. The highest BCUT2D eigenvalue weighted by Crippen LogP contribution is 2.45. The molecular formula is C26H38N2O5S3Si. The van der Waals surface area contributed by atoms with Gasteiger partial charge in [0.05, 0.1) is 16.3 Å². The molecule has 1 N–H and O–H groups in total. The van der Waals surface area contributed by atoms with Gasteiger partial charge in [-0.3, -0.25) is 4.79 Å². The van der Waals surface area contributed by atoms with Gasteiger partial charge < -0.3 is 19.2 Å². The first kappa shape index (κ1) is 30.0. The number of fused-ring (bicyclic) bond motifs is 1. The number of likely N-dealkylation sites (tertiary alicyclic amines) is 1. The van der Waals surface area contributed by atoms with Crippen LogP contribution in [0, 0.1) is 0 Å². The average Bonchev–Trinajstić information content (AvgIpc) is 3.18. The van der Waals surface area contributed by atoms with Crippen LogP contribution in [0.15, 0.2) is 34.6 Å². The van der Waals surface area contributed by atoms with Crippen molar-refractivity contribution in [3.63, 3.8) is 0 Å². The number of nitrogens with zero attached hydrogens (tertiary/aromatic N) is 2. The Bertz CT molecular complexity index is 1210. The Morgan fingerprint density at radius 2 is 1.89 bits per heavy atom. The van der Waals surface area contributed by atoms with Crippen LogP contribution in [0.1, 0.15) is 66.5 Å². The van der Waals surface area contributed by atoms with E-state index in [1.54, 1.807) is 32.1 Å². The number of hydrogen-bond donors (Lipinski definition) is 1. The first-order valence-electron chi connectivity index (χ1n) is 12.3.